The van der Waals surface area contributed by atoms with Crippen LogP contribution in [0.3, 0.4) is 0 Å². The van der Waals surface area contributed by atoms with Crippen LogP contribution >= 0.6 is 27.7 Å². The second-order valence-corrected chi connectivity index (χ2v) is 9.03. The number of hydrogen-bond acceptors (Lipinski definition) is 4. The number of hydrogen-bond donors (Lipinski definition) is 1. The number of nitrogens with one attached hydrogen (secondary N) is 1. The molecule has 2 amide bonds. The van der Waals surface area contributed by atoms with Crippen molar-refractivity contribution in [2.45, 2.75) is 11.9 Å². The molecule has 0 unspecified atom stereocenters. The van der Waals surface area contributed by atoms with Gasteiger partial charge in [-0.05, 0) is 41.0 Å². The molecule has 1 N–H and O–H groups in total. The highest BCUT2D eigenvalue weighted by Crippen LogP contribution is 2.39. The predicted molar refractivity (Wildman–Crippen MR) is 128 cm³/mol. The maximum Gasteiger partial charge on any atom is 0.271 e. The van der Waals surface area contributed by atoms with Crippen molar-refractivity contribution < 1.29 is 9.59 Å². The van der Waals surface area contributed by atoms with Crippen LogP contribution in [0.5, 0.6) is 0 Å². The van der Waals surface area contributed by atoms with Gasteiger partial charge in [-0.3, -0.25) is 9.59 Å². The van der Waals surface area contributed by atoms with Crippen LogP contribution in [0.1, 0.15) is 32.4 Å². The molecule has 4 rings (SSSR count). The topological polar surface area (TPSA) is 61.8 Å². The lowest BCUT2D eigenvalue weighted by atomic mass is 10.1. The summed E-state index contributed by atoms with van der Waals surface area (Å²) in [6, 6.07) is 24.9. The molecule has 0 bridgehead atoms. The molecule has 3 aromatic carbocycles. The van der Waals surface area contributed by atoms with Crippen LogP contribution in [0.15, 0.2) is 88.4 Å². The van der Waals surface area contributed by atoms with Gasteiger partial charge < -0.3 is 4.90 Å². The van der Waals surface area contributed by atoms with Gasteiger partial charge in [0.25, 0.3) is 5.91 Å². The van der Waals surface area contributed by atoms with Crippen molar-refractivity contribution in [3.8, 4) is 0 Å². The zero-order valence-electron chi connectivity index (χ0n) is 16.6. The fourth-order valence-corrected chi connectivity index (χ4v) is 4.90. The number of nitrogens with zero attached hydrogens (tertiary/aromatic N) is 2. The highest BCUT2D eigenvalue weighted by Gasteiger charge is 2.32. The Balaban J connectivity index is 1.41. The van der Waals surface area contributed by atoms with Gasteiger partial charge >= 0.3 is 0 Å². The predicted octanol–water partition coefficient (Wildman–Crippen LogP) is 4.99. The molecular formula is C24H20BrN3O2S. The van der Waals surface area contributed by atoms with Crippen molar-refractivity contribution in [2.75, 3.05) is 5.75 Å². The van der Waals surface area contributed by atoms with Crippen molar-refractivity contribution >= 4 is 45.7 Å². The minimum Gasteiger partial charge on any atom is -0.322 e. The summed E-state index contributed by atoms with van der Waals surface area (Å²) >= 11 is 5.01. The third-order valence-corrected chi connectivity index (χ3v) is 6.60. The van der Waals surface area contributed by atoms with Gasteiger partial charge in [-0.2, -0.15) is 5.10 Å². The zero-order valence-corrected chi connectivity index (χ0v) is 19.0. The summed E-state index contributed by atoms with van der Waals surface area (Å²) in [7, 11) is 0. The lowest BCUT2D eigenvalue weighted by molar-refractivity contribution is -0.128. The molecule has 1 fully saturated rings. The van der Waals surface area contributed by atoms with E-state index in [0.29, 0.717) is 17.9 Å². The molecule has 1 saturated heterocycles. The van der Waals surface area contributed by atoms with Crippen molar-refractivity contribution in [1.82, 2.24) is 10.3 Å². The second kappa shape index (κ2) is 9.94. The smallest absolute Gasteiger partial charge is 0.271 e. The highest BCUT2D eigenvalue weighted by atomic mass is 79.9. The lowest BCUT2D eigenvalue weighted by Crippen LogP contribution is -2.27. The van der Waals surface area contributed by atoms with E-state index in [1.807, 2.05) is 71.6 Å². The van der Waals surface area contributed by atoms with E-state index in [0.717, 1.165) is 21.2 Å². The minimum absolute atomic E-state index is 0.0561. The van der Waals surface area contributed by atoms with Crippen molar-refractivity contribution in [3.63, 3.8) is 0 Å². The van der Waals surface area contributed by atoms with E-state index < -0.39 is 0 Å². The summed E-state index contributed by atoms with van der Waals surface area (Å²) in [5.74, 6) is 0.306. The van der Waals surface area contributed by atoms with Crippen LogP contribution in [0.2, 0.25) is 0 Å². The molecule has 1 atom stereocenters. The van der Waals surface area contributed by atoms with Crippen LogP contribution in [0.4, 0.5) is 0 Å². The van der Waals surface area contributed by atoms with Gasteiger partial charge in [0, 0.05) is 16.6 Å². The summed E-state index contributed by atoms with van der Waals surface area (Å²) in [5, 5.41) is 3.97. The number of benzene rings is 3. The molecule has 5 nitrogen and oxygen atoms in total. The van der Waals surface area contributed by atoms with E-state index >= 15 is 0 Å². The third-order valence-electron chi connectivity index (χ3n) is 4.85. The van der Waals surface area contributed by atoms with Gasteiger partial charge in [0.05, 0.1) is 12.0 Å². The second-order valence-electron chi connectivity index (χ2n) is 7.05. The number of amides is 2. The molecule has 0 radical (unpaired) electrons. The van der Waals surface area contributed by atoms with Gasteiger partial charge in [-0.25, -0.2) is 5.43 Å². The van der Waals surface area contributed by atoms with E-state index in [-0.39, 0.29) is 17.2 Å². The molecule has 156 valence electrons. The van der Waals surface area contributed by atoms with E-state index in [1.165, 1.54) is 0 Å². The number of halogens is 1. The maximum atomic E-state index is 12.4. The highest BCUT2D eigenvalue weighted by molar-refractivity contribution is 9.10. The van der Waals surface area contributed by atoms with Crippen molar-refractivity contribution in [3.05, 3.63) is 106 Å². The molecule has 3 aromatic rings. The van der Waals surface area contributed by atoms with Gasteiger partial charge in [-0.15, -0.1) is 11.8 Å². The molecule has 31 heavy (non-hydrogen) atoms. The molecule has 7 heteroatoms. The molecule has 0 saturated carbocycles. The Morgan fingerprint density at radius 3 is 2.61 bits per heavy atom. The molecule has 0 aromatic heterocycles. The normalized spacial score (nSPS) is 16.1. The van der Waals surface area contributed by atoms with Crippen molar-refractivity contribution in [2.24, 2.45) is 5.10 Å². The van der Waals surface area contributed by atoms with Gasteiger partial charge in [-0.1, -0.05) is 70.5 Å². The quantitative estimate of drug-likeness (QED) is 0.388. The molecule has 1 aliphatic heterocycles. The Morgan fingerprint density at radius 2 is 1.87 bits per heavy atom. The molecule has 0 aliphatic carbocycles. The first kappa shape index (κ1) is 21.3. The zero-order chi connectivity index (χ0) is 21.6. The van der Waals surface area contributed by atoms with Crippen LogP contribution in [0, 0.1) is 0 Å². The summed E-state index contributed by atoms with van der Waals surface area (Å²) in [4.78, 5) is 26.7. The average Bonchev–Trinajstić information content (AvgIpc) is 3.14. The van der Waals surface area contributed by atoms with Gasteiger partial charge in [0.2, 0.25) is 5.91 Å². The Labute approximate surface area is 193 Å². The van der Waals surface area contributed by atoms with Crippen LogP contribution in [0.25, 0.3) is 0 Å². The number of hydrazone groups is 1. The fraction of sp³-hybridized carbons (Fsp3) is 0.125. The summed E-state index contributed by atoms with van der Waals surface area (Å²) in [5.41, 5.74) is 6.04. The third kappa shape index (κ3) is 5.42. The van der Waals surface area contributed by atoms with Crippen LogP contribution < -0.4 is 5.43 Å². The Kier molecular flexibility index (Phi) is 6.84. The summed E-state index contributed by atoms with van der Waals surface area (Å²) in [6.07, 6.45) is 1.60. The summed E-state index contributed by atoms with van der Waals surface area (Å²) < 4.78 is 0.947. The first-order valence-corrected chi connectivity index (χ1v) is 11.6. The Hall–Kier alpha value is -2.90. The first-order valence-electron chi connectivity index (χ1n) is 9.74. The number of carbonyl (C=O) groups is 2. The molecule has 1 aliphatic rings. The van der Waals surface area contributed by atoms with Gasteiger partial charge in [0.15, 0.2) is 0 Å². The fourth-order valence-electron chi connectivity index (χ4n) is 3.30. The first-order chi connectivity index (χ1) is 15.1. The Morgan fingerprint density at radius 1 is 1.10 bits per heavy atom. The van der Waals surface area contributed by atoms with Gasteiger partial charge in [0.1, 0.15) is 5.37 Å². The van der Waals surface area contributed by atoms with Crippen LogP contribution in [-0.2, 0) is 11.3 Å². The van der Waals surface area contributed by atoms with Crippen LogP contribution in [-0.4, -0.2) is 28.7 Å². The van der Waals surface area contributed by atoms with Crippen molar-refractivity contribution in [1.29, 1.82) is 0 Å². The largest absolute Gasteiger partial charge is 0.322 e. The lowest BCUT2D eigenvalue weighted by Gasteiger charge is -2.24. The SMILES string of the molecule is O=C(N/N=C\c1cccc(Br)c1)c1ccc([C@@H]2SCC(=O)N2Cc2ccccc2)cc1. The standard InChI is InChI=1S/C24H20BrN3O2S/c25-21-8-4-7-18(13-21)14-26-27-23(30)19-9-11-20(12-10-19)24-28(22(29)16-31-24)15-17-5-2-1-3-6-17/h1-14,24H,15-16H2,(H,27,30)/b26-14-/t24-/m0/s1. The molecule has 0 spiro atoms. The number of carbonyl (C=O) groups excluding carboxylic acids is 2. The minimum atomic E-state index is -0.283. The monoisotopic (exact) mass is 493 g/mol. The summed E-state index contributed by atoms with van der Waals surface area (Å²) in [6.45, 7) is 0.573. The molecule has 1 heterocycles. The van der Waals surface area contributed by atoms with E-state index in [2.05, 4.69) is 26.5 Å². The van der Waals surface area contributed by atoms with E-state index in [1.54, 1.807) is 30.1 Å². The average molecular weight is 494 g/mol. The number of rotatable bonds is 6. The molecular weight excluding hydrogens is 474 g/mol. The van der Waals surface area contributed by atoms with E-state index in [4.69, 9.17) is 0 Å². The number of thioether (sulfide) groups is 1. The Bertz CT molecular complexity index is 1100. The van der Waals surface area contributed by atoms with E-state index in [9.17, 15) is 9.59 Å². The maximum absolute atomic E-state index is 12.4.